The molecular weight excluding hydrogens is 172 g/mol. The van der Waals surface area contributed by atoms with Crippen LogP contribution in [0.3, 0.4) is 0 Å². The maximum atomic E-state index is 5.87. The molecule has 72 valence electrons. The molecule has 0 atom stereocenters. The molecule has 1 aromatic heterocycles. The Bertz CT molecular complexity index is 509. The topological polar surface area (TPSA) is 30.9 Å². The van der Waals surface area contributed by atoms with Crippen molar-refractivity contribution < 1.29 is 0 Å². The first-order valence-electron chi connectivity index (χ1n) is 5.14. The molecule has 2 heteroatoms. The van der Waals surface area contributed by atoms with Gasteiger partial charge in [-0.2, -0.15) is 0 Å². The van der Waals surface area contributed by atoms with E-state index in [1.165, 1.54) is 35.0 Å². The minimum absolute atomic E-state index is 0.895. The highest BCUT2D eigenvalue weighted by atomic mass is 15.0. The monoisotopic (exact) mass is 186 g/mol. The number of rotatable bonds is 0. The van der Waals surface area contributed by atoms with Crippen LogP contribution in [0, 0.1) is 6.92 Å². The van der Waals surface area contributed by atoms with Crippen LogP contribution >= 0.6 is 0 Å². The van der Waals surface area contributed by atoms with Gasteiger partial charge < -0.3 is 10.3 Å². The van der Waals surface area contributed by atoms with Crippen LogP contribution in [0.25, 0.3) is 10.9 Å². The summed E-state index contributed by atoms with van der Waals surface area (Å²) in [7, 11) is 0. The second-order valence-corrected chi connectivity index (χ2v) is 4.16. The van der Waals surface area contributed by atoms with Crippen LogP contribution in [0.2, 0.25) is 0 Å². The molecule has 0 bridgehead atoms. The molecule has 0 radical (unpaired) electrons. The Kier molecular flexibility index (Phi) is 1.43. The van der Waals surface area contributed by atoms with Crippen molar-refractivity contribution in [2.75, 3.05) is 5.73 Å². The number of nitrogens with two attached hydrogens (primary N) is 1. The van der Waals surface area contributed by atoms with Gasteiger partial charge in [0.25, 0.3) is 0 Å². The van der Waals surface area contributed by atoms with Gasteiger partial charge in [-0.1, -0.05) is 0 Å². The Morgan fingerprint density at radius 2 is 2.14 bits per heavy atom. The molecule has 0 saturated heterocycles. The third-order valence-electron chi connectivity index (χ3n) is 3.13. The lowest BCUT2D eigenvalue weighted by Gasteiger charge is -2.17. The van der Waals surface area contributed by atoms with E-state index in [1.807, 2.05) is 0 Å². The number of nitrogens with zero attached hydrogens (tertiary/aromatic N) is 1. The lowest BCUT2D eigenvalue weighted by atomic mass is 10.0. The van der Waals surface area contributed by atoms with Gasteiger partial charge in [-0.05, 0) is 43.5 Å². The predicted molar refractivity (Wildman–Crippen MR) is 59.4 cm³/mol. The molecule has 1 aliphatic heterocycles. The number of hydrogen-bond acceptors (Lipinski definition) is 1. The normalized spacial score (nSPS) is 14.9. The maximum Gasteiger partial charge on any atom is 0.0516 e. The van der Waals surface area contributed by atoms with Gasteiger partial charge in [0.1, 0.15) is 0 Å². The van der Waals surface area contributed by atoms with E-state index in [1.54, 1.807) is 0 Å². The van der Waals surface area contributed by atoms with Gasteiger partial charge in [0.05, 0.1) is 5.52 Å². The summed E-state index contributed by atoms with van der Waals surface area (Å²) >= 11 is 0. The quantitative estimate of drug-likeness (QED) is 0.629. The Morgan fingerprint density at radius 1 is 1.29 bits per heavy atom. The molecule has 0 saturated carbocycles. The van der Waals surface area contributed by atoms with Gasteiger partial charge in [0.2, 0.25) is 0 Å². The van der Waals surface area contributed by atoms with Gasteiger partial charge in [-0.15, -0.1) is 0 Å². The van der Waals surface area contributed by atoms with Crippen molar-refractivity contribution in [3.05, 3.63) is 29.5 Å². The number of aromatic nitrogens is 1. The van der Waals surface area contributed by atoms with E-state index in [9.17, 15) is 0 Å². The number of benzene rings is 1. The highest BCUT2D eigenvalue weighted by molar-refractivity contribution is 5.88. The van der Waals surface area contributed by atoms with Gasteiger partial charge in [0.15, 0.2) is 0 Å². The largest absolute Gasteiger partial charge is 0.399 e. The van der Waals surface area contributed by atoms with Gasteiger partial charge >= 0.3 is 0 Å². The molecule has 0 amide bonds. The smallest absolute Gasteiger partial charge is 0.0516 e. The predicted octanol–water partition coefficient (Wildman–Crippen LogP) is 2.48. The van der Waals surface area contributed by atoms with Crippen LogP contribution in [0.5, 0.6) is 0 Å². The summed E-state index contributed by atoms with van der Waals surface area (Å²) in [5, 5.41) is 1.30. The number of anilines is 1. The van der Waals surface area contributed by atoms with Crippen LogP contribution in [-0.2, 0) is 13.0 Å². The highest BCUT2D eigenvalue weighted by Gasteiger charge is 2.14. The van der Waals surface area contributed by atoms with Crippen LogP contribution < -0.4 is 5.73 Å². The third kappa shape index (κ3) is 0.910. The molecule has 1 aliphatic rings. The first-order chi connectivity index (χ1) is 6.75. The molecule has 0 fully saturated rings. The highest BCUT2D eigenvalue weighted by Crippen LogP contribution is 2.30. The van der Waals surface area contributed by atoms with Crippen molar-refractivity contribution >= 4 is 16.6 Å². The van der Waals surface area contributed by atoms with Crippen LogP contribution in [0.4, 0.5) is 5.69 Å². The molecule has 2 aromatic rings. The molecule has 0 spiro atoms. The van der Waals surface area contributed by atoms with Crippen LogP contribution in [0.15, 0.2) is 18.2 Å². The summed E-state index contributed by atoms with van der Waals surface area (Å²) in [4.78, 5) is 0. The molecule has 14 heavy (non-hydrogen) atoms. The lowest BCUT2D eigenvalue weighted by Crippen LogP contribution is -2.08. The first kappa shape index (κ1) is 7.92. The van der Waals surface area contributed by atoms with Gasteiger partial charge in [-0.3, -0.25) is 0 Å². The Balaban J connectivity index is 2.48. The third-order valence-corrected chi connectivity index (χ3v) is 3.13. The molecule has 0 unspecified atom stereocenters. The number of nitrogen functional groups attached to an aromatic ring is 1. The molecule has 2 N–H and O–H groups in total. The van der Waals surface area contributed by atoms with E-state index in [4.69, 9.17) is 5.73 Å². The molecular formula is C12H14N2. The lowest BCUT2D eigenvalue weighted by molar-refractivity contribution is 0.623. The second kappa shape index (κ2) is 2.53. The minimum atomic E-state index is 0.895. The van der Waals surface area contributed by atoms with E-state index in [0.29, 0.717) is 0 Å². The van der Waals surface area contributed by atoms with Crippen molar-refractivity contribution in [2.45, 2.75) is 26.3 Å². The van der Waals surface area contributed by atoms with Crippen molar-refractivity contribution in [3.8, 4) is 0 Å². The first-order valence-corrected chi connectivity index (χ1v) is 5.14. The average molecular weight is 186 g/mol. The minimum Gasteiger partial charge on any atom is -0.399 e. The Labute approximate surface area is 83.3 Å². The summed E-state index contributed by atoms with van der Waals surface area (Å²) in [6.45, 7) is 3.33. The number of aryl methyl sites for hydroxylation is 3. The van der Waals surface area contributed by atoms with Gasteiger partial charge in [0, 0.05) is 23.3 Å². The summed E-state index contributed by atoms with van der Waals surface area (Å²) in [6.07, 6.45) is 2.41. The van der Waals surface area contributed by atoms with E-state index < -0.39 is 0 Å². The van der Waals surface area contributed by atoms with E-state index in [-0.39, 0.29) is 0 Å². The van der Waals surface area contributed by atoms with E-state index >= 15 is 0 Å². The summed E-state index contributed by atoms with van der Waals surface area (Å²) in [6, 6.07) is 6.44. The Morgan fingerprint density at radius 3 is 3.00 bits per heavy atom. The van der Waals surface area contributed by atoms with Crippen LogP contribution in [-0.4, -0.2) is 4.57 Å². The number of hydrogen-bond donors (Lipinski definition) is 1. The van der Waals surface area contributed by atoms with Crippen molar-refractivity contribution in [1.29, 1.82) is 0 Å². The summed E-state index contributed by atoms with van der Waals surface area (Å²) in [5.41, 5.74) is 10.9. The fourth-order valence-corrected chi connectivity index (χ4v) is 2.57. The zero-order valence-electron chi connectivity index (χ0n) is 8.38. The van der Waals surface area contributed by atoms with Crippen LogP contribution in [0.1, 0.15) is 17.7 Å². The molecule has 2 nitrogen and oxygen atoms in total. The van der Waals surface area contributed by atoms with E-state index in [0.717, 1.165) is 12.2 Å². The molecule has 0 aliphatic carbocycles. The average Bonchev–Trinajstić information content (AvgIpc) is 2.45. The fraction of sp³-hybridized carbons (Fsp3) is 0.333. The zero-order chi connectivity index (χ0) is 9.71. The maximum absolute atomic E-state index is 5.87. The molecule has 2 heterocycles. The standard InChI is InChI=1S/C12H14N2/c1-8-5-10-7-11(13)6-9-3-2-4-14(8)12(9)10/h5-7H,2-4,13H2,1H3. The van der Waals surface area contributed by atoms with Gasteiger partial charge in [-0.25, -0.2) is 0 Å². The molecule has 1 aromatic carbocycles. The Hall–Kier alpha value is -1.44. The molecule has 3 rings (SSSR count). The summed E-state index contributed by atoms with van der Waals surface area (Å²) < 4.78 is 2.41. The fourth-order valence-electron chi connectivity index (χ4n) is 2.57. The van der Waals surface area contributed by atoms with Crippen molar-refractivity contribution in [3.63, 3.8) is 0 Å². The summed E-state index contributed by atoms with van der Waals surface area (Å²) in [5.74, 6) is 0. The van der Waals surface area contributed by atoms with E-state index in [2.05, 4.69) is 29.7 Å². The van der Waals surface area contributed by atoms with Crippen molar-refractivity contribution in [2.24, 2.45) is 0 Å². The second-order valence-electron chi connectivity index (χ2n) is 4.16. The van der Waals surface area contributed by atoms with Crippen molar-refractivity contribution in [1.82, 2.24) is 4.57 Å². The zero-order valence-corrected chi connectivity index (χ0v) is 8.38. The SMILES string of the molecule is Cc1cc2cc(N)cc3c2n1CCC3.